The fourth-order valence-electron chi connectivity index (χ4n) is 3.74. The van der Waals surface area contributed by atoms with Crippen LogP contribution in [0.5, 0.6) is 0 Å². The number of carbonyl (C=O) groups excluding carboxylic acids is 2. The third-order valence-corrected chi connectivity index (χ3v) is 5.00. The summed E-state index contributed by atoms with van der Waals surface area (Å²) in [6, 6.07) is -0.966. The van der Waals surface area contributed by atoms with Gasteiger partial charge in [0.1, 0.15) is 6.04 Å². The molecular weight excluding hydrogens is 290 g/mol. The molecule has 1 fully saturated rings. The second kappa shape index (κ2) is 7.77. The summed E-state index contributed by atoms with van der Waals surface area (Å²) in [6.45, 7) is 4.53. The number of likely N-dealkylation sites (N-methyl/N-ethyl adjacent to an activating group) is 1. The first kappa shape index (κ1) is 17.7. The minimum Gasteiger partial charge on any atom is -0.357 e. The molecule has 1 heterocycles. The molecule has 0 spiro atoms. The molecule has 2 amide bonds. The van der Waals surface area contributed by atoms with Crippen molar-refractivity contribution in [2.45, 2.75) is 45.2 Å². The van der Waals surface area contributed by atoms with Crippen LogP contribution in [0.15, 0.2) is 24.3 Å². The lowest BCUT2D eigenvalue weighted by atomic mass is 9.81. The van der Waals surface area contributed by atoms with Crippen LogP contribution in [0, 0.1) is 17.8 Å². The highest BCUT2D eigenvalue weighted by Gasteiger charge is 2.38. The fraction of sp³-hybridized carbons (Fsp3) is 0.667. The van der Waals surface area contributed by atoms with E-state index in [1.807, 2.05) is 13.8 Å². The Morgan fingerprint density at radius 3 is 2.70 bits per heavy atom. The Hall–Kier alpha value is -1.62. The quantitative estimate of drug-likeness (QED) is 0.823. The summed E-state index contributed by atoms with van der Waals surface area (Å²) in [5, 5.41) is 2.68. The topological polar surface area (TPSA) is 75.4 Å². The SMILES string of the molecule is CNC(=O)[C@H](C(C)C)N1CC[C@@H](C2C=CC=CC2)C[C@H](N)C1=O. The van der Waals surface area contributed by atoms with E-state index in [1.54, 1.807) is 11.9 Å². The van der Waals surface area contributed by atoms with E-state index in [2.05, 4.69) is 29.6 Å². The number of nitrogens with two attached hydrogens (primary N) is 1. The first-order valence-corrected chi connectivity index (χ1v) is 8.56. The lowest BCUT2D eigenvalue weighted by Crippen LogP contribution is -2.55. The van der Waals surface area contributed by atoms with Crippen LogP contribution in [0.1, 0.15) is 33.1 Å². The molecule has 5 nitrogen and oxygen atoms in total. The predicted molar refractivity (Wildman–Crippen MR) is 91.5 cm³/mol. The van der Waals surface area contributed by atoms with Crippen LogP contribution in [0.25, 0.3) is 0 Å². The maximum atomic E-state index is 12.7. The van der Waals surface area contributed by atoms with Gasteiger partial charge in [-0.25, -0.2) is 0 Å². The number of allylic oxidation sites excluding steroid dienone is 4. The van der Waals surface area contributed by atoms with Crippen molar-refractivity contribution in [3.8, 4) is 0 Å². The normalized spacial score (nSPS) is 29.5. The highest BCUT2D eigenvalue weighted by Crippen LogP contribution is 2.31. The smallest absolute Gasteiger partial charge is 0.242 e. The van der Waals surface area contributed by atoms with Gasteiger partial charge in [-0.15, -0.1) is 0 Å². The lowest BCUT2D eigenvalue weighted by molar-refractivity contribution is -0.142. The van der Waals surface area contributed by atoms with Gasteiger partial charge in [0, 0.05) is 13.6 Å². The Morgan fingerprint density at radius 1 is 1.39 bits per heavy atom. The highest BCUT2D eigenvalue weighted by molar-refractivity contribution is 5.90. The van der Waals surface area contributed by atoms with Crippen LogP contribution in [0.2, 0.25) is 0 Å². The molecule has 1 unspecified atom stereocenters. The Labute approximate surface area is 139 Å². The van der Waals surface area contributed by atoms with Crippen LogP contribution in [-0.4, -0.2) is 42.4 Å². The summed E-state index contributed by atoms with van der Waals surface area (Å²) < 4.78 is 0. The second-order valence-corrected chi connectivity index (χ2v) is 6.94. The van der Waals surface area contributed by atoms with E-state index in [0.717, 1.165) is 12.8 Å². The number of nitrogens with one attached hydrogen (secondary N) is 1. The maximum absolute atomic E-state index is 12.7. The van der Waals surface area contributed by atoms with Crippen molar-refractivity contribution in [2.75, 3.05) is 13.6 Å². The number of rotatable bonds is 4. The zero-order chi connectivity index (χ0) is 17.0. The van der Waals surface area contributed by atoms with E-state index in [-0.39, 0.29) is 17.7 Å². The molecule has 0 radical (unpaired) electrons. The molecule has 1 aliphatic heterocycles. The van der Waals surface area contributed by atoms with Crippen molar-refractivity contribution in [1.29, 1.82) is 0 Å². The van der Waals surface area contributed by atoms with E-state index >= 15 is 0 Å². The molecule has 0 aromatic carbocycles. The third-order valence-electron chi connectivity index (χ3n) is 5.00. The Bertz CT molecular complexity index is 498. The number of amides is 2. The van der Waals surface area contributed by atoms with Crippen LogP contribution < -0.4 is 11.1 Å². The molecule has 0 saturated carbocycles. The van der Waals surface area contributed by atoms with Crippen molar-refractivity contribution in [1.82, 2.24) is 10.2 Å². The van der Waals surface area contributed by atoms with Gasteiger partial charge < -0.3 is 16.0 Å². The van der Waals surface area contributed by atoms with Gasteiger partial charge in [0.15, 0.2) is 0 Å². The van der Waals surface area contributed by atoms with Gasteiger partial charge in [0.05, 0.1) is 6.04 Å². The zero-order valence-corrected chi connectivity index (χ0v) is 14.4. The molecule has 128 valence electrons. The molecular formula is C18H29N3O2. The fourth-order valence-corrected chi connectivity index (χ4v) is 3.74. The molecule has 2 aliphatic rings. The lowest BCUT2D eigenvalue weighted by Gasteiger charge is -2.33. The van der Waals surface area contributed by atoms with Crippen molar-refractivity contribution in [3.05, 3.63) is 24.3 Å². The van der Waals surface area contributed by atoms with Gasteiger partial charge in [-0.3, -0.25) is 9.59 Å². The summed E-state index contributed by atoms with van der Waals surface area (Å²) in [6.07, 6.45) is 11.1. The van der Waals surface area contributed by atoms with Gasteiger partial charge in [-0.1, -0.05) is 38.2 Å². The average Bonchev–Trinajstić information content (AvgIpc) is 2.69. The van der Waals surface area contributed by atoms with Gasteiger partial charge in [-0.2, -0.15) is 0 Å². The molecule has 0 aromatic rings. The number of carbonyl (C=O) groups is 2. The summed E-state index contributed by atoms with van der Waals surface area (Å²) in [4.78, 5) is 26.7. The zero-order valence-electron chi connectivity index (χ0n) is 14.4. The minimum absolute atomic E-state index is 0.0557. The Morgan fingerprint density at radius 2 is 2.13 bits per heavy atom. The van der Waals surface area contributed by atoms with E-state index in [4.69, 9.17) is 5.73 Å². The first-order chi connectivity index (χ1) is 11.0. The van der Waals surface area contributed by atoms with E-state index in [9.17, 15) is 9.59 Å². The standard InChI is InChI=1S/C18H29N3O2/c1-12(2)16(17(22)20-3)21-10-9-14(11-15(19)18(21)23)13-7-5-4-6-8-13/h4-7,12-16H,8-11,19H2,1-3H3,(H,20,22)/t13?,14-,15+,16+/m1/s1. The molecule has 2 rings (SSSR count). The molecule has 0 bridgehead atoms. The molecule has 4 atom stereocenters. The first-order valence-electron chi connectivity index (χ1n) is 8.56. The Kier molecular flexibility index (Phi) is 5.99. The van der Waals surface area contributed by atoms with Crippen LogP contribution in [0.4, 0.5) is 0 Å². The number of likely N-dealkylation sites (tertiary alicyclic amines) is 1. The van der Waals surface area contributed by atoms with Crippen LogP contribution >= 0.6 is 0 Å². The van der Waals surface area contributed by atoms with E-state index < -0.39 is 12.1 Å². The van der Waals surface area contributed by atoms with Gasteiger partial charge >= 0.3 is 0 Å². The predicted octanol–water partition coefficient (Wildman–Crippen LogP) is 1.46. The van der Waals surface area contributed by atoms with Crippen LogP contribution in [0.3, 0.4) is 0 Å². The van der Waals surface area contributed by atoms with Crippen molar-refractivity contribution < 1.29 is 9.59 Å². The molecule has 23 heavy (non-hydrogen) atoms. The summed E-state index contributed by atoms with van der Waals surface area (Å²) in [7, 11) is 1.61. The molecule has 5 heteroatoms. The largest absolute Gasteiger partial charge is 0.357 e. The minimum atomic E-state index is -0.521. The van der Waals surface area contributed by atoms with Gasteiger partial charge in [0.25, 0.3) is 0 Å². The van der Waals surface area contributed by atoms with Crippen molar-refractivity contribution in [3.63, 3.8) is 0 Å². The molecule has 1 aliphatic carbocycles. The average molecular weight is 319 g/mol. The van der Waals surface area contributed by atoms with Gasteiger partial charge in [-0.05, 0) is 37.0 Å². The summed E-state index contributed by atoms with van der Waals surface area (Å²) in [5.41, 5.74) is 6.18. The van der Waals surface area contributed by atoms with Gasteiger partial charge in [0.2, 0.25) is 11.8 Å². The number of hydrogen-bond donors (Lipinski definition) is 2. The monoisotopic (exact) mass is 319 g/mol. The number of hydrogen-bond acceptors (Lipinski definition) is 3. The summed E-state index contributed by atoms with van der Waals surface area (Å²) in [5.74, 6) is 0.679. The summed E-state index contributed by atoms with van der Waals surface area (Å²) >= 11 is 0. The van der Waals surface area contributed by atoms with Crippen molar-refractivity contribution in [2.24, 2.45) is 23.5 Å². The molecule has 3 N–H and O–H groups in total. The van der Waals surface area contributed by atoms with E-state index in [1.165, 1.54) is 0 Å². The van der Waals surface area contributed by atoms with Crippen molar-refractivity contribution >= 4 is 11.8 Å². The molecule has 1 saturated heterocycles. The molecule has 0 aromatic heterocycles. The van der Waals surface area contributed by atoms with Crippen LogP contribution in [-0.2, 0) is 9.59 Å². The maximum Gasteiger partial charge on any atom is 0.242 e. The Balaban J connectivity index is 2.16. The third kappa shape index (κ3) is 4.02. The number of nitrogens with zero attached hydrogens (tertiary/aromatic N) is 1. The second-order valence-electron chi connectivity index (χ2n) is 6.94. The highest BCUT2D eigenvalue weighted by atomic mass is 16.2. The van der Waals surface area contributed by atoms with E-state index in [0.29, 0.717) is 24.8 Å².